The molecule has 0 rings (SSSR count). The smallest absolute Gasteiger partial charge is 0.326 e. The van der Waals surface area contributed by atoms with E-state index in [9.17, 15) is 19.5 Å². The maximum absolute atomic E-state index is 12.8. The molecule has 0 aromatic heterocycles. The molecule has 4 N–H and O–H groups in total. The zero-order valence-electron chi connectivity index (χ0n) is 37.1. The van der Waals surface area contributed by atoms with E-state index in [1.807, 2.05) is 6.08 Å². The molecule has 0 aliphatic carbocycles. The van der Waals surface area contributed by atoms with Gasteiger partial charge in [-0.1, -0.05) is 163 Å². The summed E-state index contributed by atoms with van der Waals surface area (Å²) >= 11 is 0. The summed E-state index contributed by atoms with van der Waals surface area (Å²) in [6, 6.07) is -0.897. The van der Waals surface area contributed by atoms with Crippen molar-refractivity contribution in [2.45, 2.75) is 212 Å². The Balaban J connectivity index is 4.32. The van der Waals surface area contributed by atoms with Gasteiger partial charge in [0.05, 0.1) is 0 Å². The molecular weight excluding hydrogens is 721 g/mol. The molecule has 7 nitrogen and oxygen atoms in total. The first-order chi connectivity index (χ1) is 28.4. The molecule has 0 aliphatic rings. The highest BCUT2D eigenvalue weighted by atomic mass is 16.5. The van der Waals surface area contributed by atoms with Gasteiger partial charge >= 0.3 is 11.9 Å². The number of carbonyl (C=O) groups excluding carboxylic acids is 2. The number of hydrogen-bond donors (Lipinski definition) is 3. The van der Waals surface area contributed by atoms with E-state index >= 15 is 0 Å². The number of nitrogens with one attached hydrogen (secondary N) is 1. The normalized spacial score (nSPS) is 13.4. The number of carboxylic acid groups (broad SMARTS) is 1. The highest BCUT2D eigenvalue weighted by Gasteiger charge is 2.19. The largest absolute Gasteiger partial charge is 0.480 e. The molecule has 0 aromatic carbocycles. The standard InChI is InChI=1S/C51H86N2O5/c1-3-5-7-9-11-13-15-16-17-18-19-20-21-22-23-24-25-26-28-30-32-34-39-45-50(55)58-47(41-36-33-31-29-27-14-12-10-8-6-4-2)42-37-35-38-44-49(54)53-48(51(56)57)43-40-46-52/h6,8,12,14-16,18-19,21-22,29,31,36,41,47-48H,3-5,7,9-11,13,17,20,23-28,30,32-35,37-40,42-46,52H2,1-2H3,(H,53,54)(H,56,57)/b8-6-,14-12-,16-15-,19-18-,22-21-,31-29-,41-36-. The second-order valence-corrected chi connectivity index (χ2v) is 15.4. The number of esters is 1. The van der Waals surface area contributed by atoms with Crippen molar-refractivity contribution in [3.63, 3.8) is 0 Å². The zero-order chi connectivity index (χ0) is 42.4. The molecule has 2 atom stereocenters. The Kier molecular flexibility index (Phi) is 42.0. The Labute approximate surface area is 355 Å². The van der Waals surface area contributed by atoms with Gasteiger partial charge in [0.2, 0.25) is 5.91 Å². The van der Waals surface area contributed by atoms with Crippen LogP contribution in [0.25, 0.3) is 0 Å². The van der Waals surface area contributed by atoms with Crippen molar-refractivity contribution in [3.8, 4) is 0 Å². The second-order valence-electron chi connectivity index (χ2n) is 15.4. The van der Waals surface area contributed by atoms with Crippen LogP contribution in [0.15, 0.2) is 85.1 Å². The number of rotatable bonds is 41. The van der Waals surface area contributed by atoms with Crippen molar-refractivity contribution in [1.29, 1.82) is 0 Å². The molecule has 0 radical (unpaired) electrons. The van der Waals surface area contributed by atoms with Crippen LogP contribution >= 0.6 is 0 Å². The number of allylic oxidation sites excluding steroid dienone is 13. The van der Waals surface area contributed by atoms with Gasteiger partial charge in [0.15, 0.2) is 0 Å². The average molecular weight is 807 g/mol. The summed E-state index contributed by atoms with van der Waals surface area (Å²) in [5.41, 5.74) is 5.49. The molecule has 0 bridgehead atoms. The van der Waals surface area contributed by atoms with Gasteiger partial charge < -0.3 is 20.9 Å². The van der Waals surface area contributed by atoms with E-state index in [1.165, 1.54) is 70.6 Å². The highest BCUT2D eigenvalue weighted by Crippen LogP contribution is 2.15. The zero-order valence-corrected chi connectivity index (χ0v) is 37.1. The number of hydrogen-bond acceptors (Lipinski definition) is 5. The van der Waals surface area contributed by atoms with Crippen molar-refractivity contribution in [2.75, 3.05) is 6.54 Å². The monoisotopic (exact) mass is 807 g/mol. The predicted molar refractivity (Wildman–Crippen MR) is 248 cm³/mol. The fourth-order valence-corrected chi connectivity index (χ4v) is 6.43. The molecule has 58 heavy (non-hydrogen) atoms. The van der Waals surface area contributed by atoms with Gasteiger partial charge in [0, 0.05) is 12.8 Å². The first-order valence-electron chi connectivity index (χ1n) is 23.4. The van der Waals surface area contributed by atoms with Crippen LogP contribution in [0.1, 0.15) is 200 Å². The van der Waals surface area contributed by atoms with Gasteiger partial charge in [0.1, 0.15) is 12.1 Å². The summed E-state index contributed by atoms with van der Waals surface area (Å²) in [5.74, 6) is -1.43. The number of nitrogens with two attached hydrogens (primary N) is 1. The third-order valence-electron chi connectivity index (χ3n) is 9.93. The lowest BCUT2D eigenvalue weighted by Gasteiger charge is -2.15. The molecule has 0 spiro atoms. The van der Waals surface area contributed by atoms with Crippen molar-refractivity contribution >= 4 is 17.8 Å². The van der Waals surface area contributed by atoms with E-state index in [2.05, 4.69) is 98.2 Å². The maximum atomic E-state index is 12.8. The lowest BCUT2D eigenvalue weighted by Crippen LogP contribution is -2.40. The van der Waals surface area contributed by atoms with Crippen molar-refractivity contribution in [2.24, 2.45) is 5.73 Å². The molecular formula is C51H86N2O5. The van der Waals surface area contributed by atoms with Crippen LogP contribution in [0, 0.1) is 0 Å². The van der Waals surface area contributed by atoms with E-state index in [0.717, 1.165) is 77.0 Å². The van der Waals surface area contributed by atoms with Crippen LogP contribution in [0.5, 0.6) is 0 Å². The fourth-order valence-electron chi connectivity index (χ4n) is 6.43. The van der Waals surface area contributed by atoms with Gasteiger partial charge in [-0.15, -0.1) is 0 Å². The topological polar surface area (TPSA) is 119 Å². The molecule has 0 saturated carbocycles. The van der Waals surface area contributed by atoms with Crippen LogP contribution in [-0.2, 0) is 19.1 Å². The molecule has 0 heterocycles. The molecule has 2 unspecified atom stereocenters. The summed E-state index contributed by atoms with van der Waals surface area (Å²) in [6.45, 7) is 4.79. The van der Waals surface area contributed by atoms with Gasteiger partial charge in [-0.2, -0.15) is 0 Å². The van der Waals surface area contributed by atoms with Gasteiger partial charge in [-0.25, -0.2) is 4.79 Å². The van der Waals surface area contributed by atoms with Crippen LogP contribution in [0.2, 0.25) is 0 Å². The summed E-state index contributed by atoms with van der Waals surface area (Å²) in [4.78, 5) is 36.5. The number of amides is 1. The Bertz CT molecular complexity index is 1180. The Morgan fingerprint density at radius 2 is 1.00 bits per heavy atom. The van der Waals surface area contributed by atoms with E-state index in [0.29, 0.717) is 38.6 Å². The Morgan fingerprint density at radius 1 is 0.534 bits per heavy atom. The number of carbonyl (C=O) groups is 3. The van der Waals surface area contributed by atoms with E-state index < -0.39 is 12.0 Å². The fraction of sp³-hybridized carbons (Fsp3) is 0.667. The lowest BCUT2D eigenvalue weighted by atomic mass is 10.1. The molecule has 7 heteroatoms. The second kappa shape index (κ2) is 44.6. The molecule has 1 amide bonds. The summed E-state index contributed by atoms with van der Waals surface area (Å²) in [6.07, 6.45) is 59.3. The lowest BCUT2D eigenvalue weighted by molar-refractivity contribution is -0.147. The summed E-state index contributed by atoms with van der Waals surface area (Å²) in [7, 11) is 0. The summed E-state index contributed by atoms with van der Waals surface area (Å²) < 4.78 is 5.90. The summed E-state index contributed by atoms with van der Waals surface area (Å²) in [5, 5.41) is 12.0. The van der Waals surface area contributed by atoms with Crippen LogP contribution < -0.4 is 11.1 Å². The van der Waals surface area contributed by atoms with Crippen LogP contribution in [-0.4, -0.2) is 41.6 Å². The Hall–Kier alpha value is -3.45. The van der Waals surface area contributed by atoms with Crippen LogP contribution in [0.3, 0.4) is 0 Å². The maximum Gasteiger partial charge on any atom is 0.326 e. The first-order valence-corrected chi connectivity index (χ1v) is 23.4. The van der Waals surface area contributed by atoms with Crippen molar-refractivity contribution in [3.05, 3.63) is 85.1 Å². The quantitative estimate of drug-likeness (QED) is 0.0322. The minimum absolute atomic E-state index is 0.145. The SMILES string of the molecule is CC/C=C\C/C=C\C/C=C\C/C=C\C(CCCCCC(=O)NC(CCCN)C(=O)O)OC(=O)CCCCCCCCCC/C=C\C/C=C\C/C=C\CCCCCCC. The third kappa shape index (κ3) is 40.7. The minimum Gasteiger partial charge on any atom is -0.480 e. The number of unbranched alkanes of at least 4 members (excludes halogenated alkanes) is 15. The van der Waals surface area contributed by atoms with Crippen molar-refractivity contribution in [1.82, 2.24) is 5.32 Å². The minimum atomic E-state index is -1.03. The van der Waals surface area contributed by atoms with E-state index in [-0.39, 0.29) is 24.4 Å². The third-order valence-corrected chi connectivity index (χ3v) is 9.93. The van der Waals surface area contributed by atoms with Crippen LogP contribution in [0.4, 0.5) is 0 Å². The number of carboxylic acids is 1. The predicted octanol–water partition coefficient (Wildman–Crippen LogP) is 13.7. The van der Waals surface area contributed by atoms with Crippen molar-refractivity contribution < 1.29 is 24.2 Å². The molecule has 0 saturated heterocycles. The average Bonchev–Trinajstić information content (AvgIpc) is 3.21. The first kappa shape index (κ1) is 54.6. The van der Waals surface area contributed by atoms with Gasteiger partial charge in [-0.3, -0.25) is 9.59 Å². The number of aliphatic carboxylic acids is 1. The molecule has 0 fully saturated rings. The molecule has 0 aliphatic heterocycles. The number of ether oxygens (including phenoxy) is 1. The van der Waals surface area contributed by atoms with Gasteiger partial charge in [-0.05, 0) is 115 Å². The highest BCUT2D eigenvalue weighted by molar-refractivity contribution is 5.83. The molecule has 0 aromatic rings. The Morgan fingerprint density at radius 3 is 1.53 bits per heavy atom. The van der Waals surface area contributed by atoms with E-state index in [1.54, 1.807) is 0 Å². The molecule has 330 valence electrons. The van der Waals surface area contributed by atoms with Gasteiger partial charge in [0.25, 0.3) is 0 Å². The van der Waals surface area contributed by atoms with E-state index in [4.69, 9.17) is 10.5 Å².